The Kier molecular flexibility index (Phi) is 6.17. The van der Waals surface area contributed by atoms with Gasteiger partial charge in [-0.2, -0.15) is 0 Å². The highest BCUT2D eigenvalue weighted by Crippen LogP contribution is 2.38. The van der Waals surface area contributed by atoms with Crippen LogP contribution in [0.4, 0.5) is 5.69 Å². The summed E-state index contributed by atoms with van der Waals surface area (Å²) in [6.45, 7) is 3.48. The van der Waals surface area contributed by atoms with Gasteiger partial charge in [0.05, 0.1) is 13.7 Å². The number of aryl methyl sites for hydroxylation is 1. The number of methoxy groups -OCH3 is 1. The van der Waals surface area contributed by atoms with Gasteiger partial charge in [-0.25, -0.2) is 0 Å². The van der Waals surface area contributed by atoms with Gasteiger partial charge in [0, 0.05) is 35.6 Å². The lowest BCUT2D eigenvalue weighted by Gasteiger charge is -2.25. The summed E-state index contributed by atoms with van der Waals surface area (Å²) in [5, 5.41) is 0. The maximum Gasteiger partial charge on any atom is 0.258 e. The molecule has 2 aliphatic rings. The molecule has 2 heterocycles. The molecule has 37 heavy (non-hydrogen) atoms. The third-order valence-corrected chi connectivity index (χ3v) is 7.82. The summed E-state index contributed by atoms with van der Waals surface area (Å²) in [6.07, 6.45) is 7.86. The topological polar surface area (TPSA) is 34.5 Å². The fourth-order valence-electron chi connectivity index (χ4n) is 5.86. The molecule has 6 rings (SSSR count). The number of allylic oxidation sites excluding steroid dienone is 2. The van der Waals surface area contributed by atoms with E-state index in [1.54, 1.807) is 7.11 Å². The van der Waals surface area contributed by atoms with Crippen molar-refractivity contribution < 1.29 is 9.53 Å². The molecular weight excluding hydrogens is 456 g/mol. The third-order valence-electron chi connectivity index (χ3n) is 7.82. The number of carbonyl (C=O) groups is 1. The van der Waals surface area contributed by atoms with Gasteiger partial charge in [-0.3, -0.25) is 4.79 Å². The van der Waals surface area contributed by atoms with E-state index in [0.717, 1.165) is 59.6 Å². The Bertz CT molecular complexity index is 1500. The summed E-state index contributed by atoms with van der Waals surface area (Å²) in [7, 11) is 1.72. The Morgan fingerprint density at radius 1 is 0.946 bits per heavy atom. The summed E-state index contributed by atoms with van der Waals surface area (Å²) in [4.78, 5) is 15.8. The van der Waals surface area contributed by atoms with E-state index in [0.29, 0.717) is 12.5 Å². The fourth-order valence-corrected chi connectivity index (χ4v) is 5.86. The first-order valence-electron chi connectivity index (χ1n) is 13.1. The number of fused-ring (bicyclic) bond motifs is 2. The van der Waals surface area contributed by atoms with Gasteiger partial charge in [-0.15, -0.1) is 0 Å². The van der Waals surface area contributed by atoms with E-state index in [9.17, 15) is 4.79 Å². The van der Waals surface area contributed by atoms with Crippen LogP contribution in [0.25, 0.3) is 5.57 Å². The standard InChI is InChI=1S/C33H32N2O2/c1-23-18-27(33(36)35-22-29-12-7-17-34(29)21-28-8-3-4-14-32(28)35)15-16-31(23)26-11-5-9-24(19-26)25-10-6-13-30(20-25)37-2/h3-4,6-8,10,12-20,24H,5,9,11,21-22H2,1-2H3. The molecule has 0 bridgehead atoms. The van der Waals surface area contributed by atoms with Gasteiger partial charge < -0.3 is 14.2 Å². The quantitative estimate of drug-likeness (QED) is 0.301. The van der Waals surface area contributed by atoms with Gasteiger partial charge in [0.2, 0.25) is 0 Å². The molecule has 4 nitrogen and oxygen atoms in total. The number of ether oxygens (including phenoxy) is 1. The number of para-hydroxylation sites is 1. The molecule has 4 aromatic rings. The molecule has 0 N–H and O–H groups in total. The number of nitrogens with zero attached hydrogens (tertiary/aromatic N) is 2. The van der Waals surface area contributed by atoms with Crippen molar-refractivity contribution in [3.8, 4) is 5.75 Å². The second-order valence-corrected chi connectivity index (χ2v) is 10.1. The van der Waals surface area contributed by atoms with Crippen LogP contribution in [-0.2, 0) is 13.1 Å². The molecule has 1 aromatic heterocycles. The van der Waals surface area contributed by atoms with Crippen LogP contribution in [0.15, 0.2) is 91.1 Å². The highest BCUT2D eigenvalue weighted by Gasteiger charge is 2.25. The van der Waals surface area contributed by atoms with Crippen molar-refractivity contribution in [2.75, 3.05) is 12.0 Å². The average molecular weight is 489 g/mol. The second-order valence-electron chi connectivity index (χ2n) is 10.1. The maximum atomic E-state index is 13.9. The maximum absolute atomic E-state index is 13.9. The van der Waals surface area contributed by atoms with Gasteiger partial charge >= 0.3 is 0 Å². The summed E-state index contributed by atoms with van der Waals surface area (Å²) >= 11 is 0. The molecule has 0 fully saturated rings. The van der Waals surface area contributed by atoms with Crippen molar-refractivity contribution in [2.45, 2.75) is 45.2 Å². The van der Waals surface area contributed by atoms with Crippen LogP contribution in [0.5, 0.6) is 5.75 Å². The largest absolute Gasteiger partial charge is 0.497 e. The average Bonchev–Trinajstić information content (AvgIpc) is 3.31. The molecular formula is C33H32N2O2. The SMILES string of the molecule is COc1cccc(C2C=C(c3ccc(C(=O)N4Cc5cccn5Cc5ccccc54)cc3C)CCC2)c1. The van der Waals surface area contributed by atoms with E-state index >= 15 is 0 Å². The molecule has 1 amide bonds. The van der Waals surface area contributed by atoms with Crippen LogP contribution < -0.4 is 9.64 Å². The predicted octanol–water partition coefficient (Wildman–Crippen LogP) is 7.36. The van der Waals surface area contributed by atoms with Crippen LogP contribution in [0.1, 0.15) is 63.5 Å². The number of anilines is 1. The zero-order valence-corrected chi connectivity index (χ0v) is 21.5. The lowest BCUT2D eigenvalue weighted by atomic mass is 9.82. The molecule has 0 saturated carbocycles. The third kappa shape index (κ3) is 4.48. The summed E-state index contributed by atoms with van der Waals surface area (Å²) in [5.41, 5.74) is 9.10. The van der Waals surface area contributed by atoms with Gasteiger partial charge in [-0.05, 0) is 96.5 Å². The minimum absolute atomic E-state index is 0.0450. The molecule has 0 spiro atoms. The Labute approximate surface area is 218 Å². The molecule has 0 radical (unpaired) electrons. The minimum atomic E-state index is 0.0450. The Balaban J connectivity index is 1.30. The van der Waals surface area contributed by atoms with Crippen molar-refractivity contribution in [1.82, 2.24) is 4.57 Å². The van der Waals surface area contributed by atoms with E-state index < -0.39 is 0 Å². The highest BCUT2D eigenvalue weighted by atomic mass is 16.5. The molecule has 1 atom stereocenters. The number of benzene rings is 3. The van der Waals surface area contributed by atoms with E-state index in [4.69, 9.17) is 4.74 Å². The van der Waals surface area contributed by atoms with E-state index in [2.05, 4.69) is 78.4 Å². The molecule has 1 aliphatic heterocycles. The summed E-state index contributed by atoms with van der Waals surface area (Å²) in [5.74, 6) is 1.33. The second kappa shape index (κ2) is 9.78. The molecule has 4 heteroatoms. The number of rotatable bonds is 4. The molecule has 3 aromatic carbocycles. The number of hydrogen-bond donors (Lipinski definition) is 0. The van der Waals surface area contributed by atoms with Crippen LogP contribution in [0, 0.1) is 6.92 Å². The molecule has 186 valence electrons. The summed E-state index contributed by atoms with van der Waals surface area (Å²) < 4.78 is 7.68. The molecule has 1 aliphatic carbocycles. The minimum Gasteiger partial charge on any atom is -0.497 e. The number of amides is 1. The lowest BCUT2D eigenvalue weighted by molar-refractivity contribution is 0.0985. The van der Waals surface area contributed by atoms with Crippen LogP contribution in [0.2, 0.25) is 0 Å². The van der Waals surface area contributed by atoms with Gasteiger partial charge in [-0.1, -0.05) is 42.5 Å². The number of aromatic nitrogens is 1. The zero-order chi connectivity index (χ0) is 25.4. The van der Waals surface area contributed by atoms with E-state index in [1.807, 2.05) is 29.2 Å². The van der Waals surface area contributed by atoms with E-state index in [-0.39, 0.29) is 5.91 Å². The highest BCUT2D eigenvalue weighted by molar-refractivity contribution is 6.06. The van der Waals surface area contributed by atoms with Crippen LogP contribution >= 0.6 is 0 Å². The fraction of sp³-hybridized carbons (Fsp3) is 0.242. The zero-order valence-electron chi connectivity index (χ0n) is 21.5. The van der Waals surface area contributed by atoms with Crippen molar-refractivity contribution in [1.29, 1.82) is 0 Å². The summed E-state index contributed by atoms with van der Waals surface area (Å²) in [6, 6.07) is 27.0. The first-order valence-corrected chi connectivity index (χ1v) is 13.1. The van der Waals surface area contributed by atoms with Gasteiger partial charge in [0.25, 0.3) is 5.91 Å². The van der Waals surface area contributed by atoms with Crippen molar-refractivity contribution in [3.05, 3.63) is 125 Å². The van der Waals surface area contributed by atoms with E-state index in [1.165, 1.54) is 16.7 Å². The number of carbonyl (C=O) groups excluding carboxylic acids is 1. The lowest BCUT2D eigenvalue weighted by Crippen LogP contribution is -2.30. The normalized spacial score (nSPS) is 16.9. The Morgan fingerprint density at radius 2 is 1.84 bits per heavy atom. The number of hydrogen-bond acceptors (Lipinski definition) is 2. The first-order chi connectivity index (χ1) is 18.1. The van der Waals surface area contributed by atoms with Gasteiger partial charge in [0.1, 0.15) is 5.75 Å². The van der Waals surface area contributed by atoms with Crippen molar-refractivity contribution in [2.24, 2.45) is 0 Å². The Morgan fingerprint density at radius 3 is 2.70 bits per heavy atom. The van der Waals surface area contributed by atoms with Crippen LogP contribution in [0.3, 0.4) is 0 Å². The molecule has 0 saturated heterocycles. The van der Waals surface area contributed by atoms with Gasteiger partial charge in [0.15, 0.2) is 0 Å². The monoisotopic (exact) mass is 488 g/mol. The Hall–Kier alpha value is -4.05. The smallest absolute Gasteiger partial charge is 0.258 e. The predicted molar refractivity (Wildman–Crippen MR) is 149 cm³/mol. The first kappa shape index (κ1) is 23.4. The van der Waals surface area contributed by atoms with Crippen molar-refractivity contribution in [3.63, 3.8) is 0 Å². The van der Waals surface area contributed by atoms with Crippen molar-refractivity contribution >= 4 is 17.2 Å². The molecule has 1 unspecified atom stereocenters. The van der Waals surface area contributed by atoms with Crippen LogP contribution in [-0.4, -0.2) is 17.6 Å².